The number of fused-ring (bicyclic) bond motifs is 5. The van der Waals surface area contributed by atoms with Crippen molar-refractivity contribution >= 4 is 29.3 Å². The summed E-state index contributed by atoms with van der Waals surface area (Å²) in [5.74, 6) is -2.68. The van der Waals surface area contributed by atoms with Crippen LogP contribution < -0.4 is 25.8 Å². The summed E-state index contributed by atoms with van der Waals surface area (Å²) >= 11 is 0. The molecule has 4 heterocycles. The van der Waals surface area contributed by atoms with Crippen molar-refractivity contribution < 1.29 is 28.7 Å². The monoisotopic (exact) mass is 476 g/mol. The Morgan fingerprint density at radius 3 is 2.66 bits per heavy atom. The average molecular weight is 476 g/mol. The van der Waals surface area contributed by atoms with Crippen LogP contribution in [0.3, 0.4) is 0 Å². The number of aryl methyl sites for hydroxylation is 2. The second-order valence-corrected chi connectivity index (χ2v) is 9.64. The van der Waals surface area contributed by atoms with Crippen molar-refractivity contribution in [3.05, 3.63) is 52.6 Å². The molecule has 6 rings (SSSR count). The minimum Gasteiger partial charge on any atom is -0.454 e. The number of amides is 4. The van der Waals surface area contributed by atoms with E-state index in [0.29, 0.717) is 28.3 Å². The zero-order valence-corrected chi connectivity index (χ0v) is 19.2. The lowest BCUT2D eigenvalue weighted by molar-refractivity contribution is -0.143. The van der Waals surface area contributed by atoms with E-state index in [1.54, 1.807) is 18.2 Å². The number of ether oxygens (including phenoxy) is 2. The number of nitrogens with zero attached hydrogens (tertiary/aromatic N) is 1. The molecular formula is C25H24N4O6. The molecule has 0 saturated carbocycles. The Morgan fingerprint density at radius 2 is 1.89 bits per heavy atom. The third-order valence-corrected chi connectivity index (χ3v) is 7.46. The first kappa shape index (κ1) is 21.6. The third kappa shape index (κ3) is 2.92. The predicted octanol–water partition coefficient (Wildman–Crippen LogP) is 0.828. The normalized spacial score (nSPS) is 28.0. The number of imide groups is 1. The van der Waals surface area contributed by atoms with Crippen LogP contribution in [0.4, 0.5) is 5.69 Å². The Morgan fingerprint density at radius 1 is 1.11 bits per heavy atom. The number of carbonyl (C=O) groups excluding carboxylic acids is 4. The second-order valence-electron chi connectivity index (χ2n) is 9.64. The molecule has 2 aromatic rings. The fourth-order valence-electron chi connectivity index (χ4n) is 6.09. The van der Waals surface area contributed by atoms with Gasteiger partial charge in [-0.3, -0.25) is 29.4 Å². The largest absolute Gasteiger partial charge is 0.454 e. The Balaban J connectivity index is 1.44. The molecule has 2 saturated heterocycles. The Hall–Kier alpha value is -3.92. The fraction of sp³-hybridized carbons (Fsp3) is 0.360. The first-order valence-corrected chi connectivity index (χ1v) is 11.4. The number of primary amides is 1. The summed E-state index contributed by atoms with van der Waals surface area (Å²) in [4.78, 5) is 54.1. The molecule has 4 aliphatic heterocycles. The molecular weight excluding hydrogens is 452 g/mol. The lowest BCUT2D eigenvalue weighted by Crippen LogP contribution is -2.53. The van der Waals surface area contributed by atoms with Gasteiger partial charge in [-0.2, -0.15) is 0 Å². The molecule has 2 fully saturated rings. The lowest BCUT2D eigenvalue weighted by atomic mass is 9.76. The van der Waals surface area contributed by atoms with E-state index in [1.807, 2.05) is 26.0 Å². The first-order chi connectivity index (χ1) is 16.7. The van der Waals surface area contributed by atoms with Gasteiger partial charge < -0.3 is 20.5 Å². The molecule has 2 aromatic carbocycles. The number of benzene rings is 2. The van der Waals surface area contributed by atoms with Gasteiger partial charge in [0, 0.05) is 23.7 Å². The van der Waals surface area contributed by atoms with Crippen LogP contribution in [0.5, 0.6) is 11.5 Å². The van der Waals surface area contributed by atoms with Crippen LogP contribution in [0.2, 0.25) is 0 Å². The highest BCUT2D eigenvalue weighted by Gasteiger charge is 2.70. The molecule has 10 nitrogen and oxygen atoms in total. The van der Waals surface area contributed by atoms with Crippen LogP contribution in [0, 0.1) is 25.7 Å². The highest BCUT2D eigenvalue weighted by molar-refractivity contribution is 6.15. The van der Waals surface area contributed by atoms with Crippen LogP contribution in [-0.2, 0) is 31.3 Å². The molecule has 0 unspecified atom stereocenters. The summed E-state index contributed by atoms with van der Waals surface area (Å²) < 4.78 is 10.8. The van der Waals surface area contributed by atoms with Gasteiger partial charge >= 0.3 is 0 Å². The van der Waals surface area contributed by atoms with E-state index >= 15 is 0 Å². The van der Waals surface area contributed by atoms with Crippen LogP contribution in [0.15, 0.2) is 30.3 Å². The van der Waals surface area contributed by atoms with E-state index in [4.69, 9.17) is 15.2 Å². The van der Waals surface area contributed by atoms with E-state index in [0.717, 1.165) is 11.1 Å². The zero-order chi connectivity index (χ0) is 24.6. The topological polar surface area (TPSA) is 140 Å². The minimum absolute atomic E-state index is 0.0159. The van der Waals surface area contributed by atoms with Crippen molar-refractivity contribution in [3.8, 4) is 11.5 Å². The van der Waals surface area contributed by atoms with Gasteiger partial charge in [-0.05, 0) is 37.1 Å². The van der Waals surface area contributed by atoms with E-state index in [-0.39, 0.29) is 19.8 Å². The van der Waals surface area contributed by atoms with Gasteiger partial charge in [0.2, 0.25) is 30.4 Å². The number of anilines is 1. The quantitative estimate of drug-likeness (QED) is 0.555. The summed E-state index contributed by atoms with van der Waals surface area (Å²) in [5, 5.41) is 6.13. The van der Waals surface area contributed by atoms with E-state index in [9.17, 15) is 19.2 Å². The minimum atomic E-state index is -1.47. The number of nitrogens with two attached hydrogens (primary N) is 1. The van der Waals surface area contributed by atoms with E-state index in [1.165, 1.54) is 4.90 Å². The fourth-order valence-corrected chi connectivity index (χ4v) is 6.09. The van der Waals surface area contributed by atoms with Gasteiger partial charge in [-0.25, -0.2) is 0 Å². The maximum atomic E-state index is 13.9. The summed E-state index contributed by atoms with van der Waals surface area (Å²) in [6.45, 7) is 3.92. The Kier molecular flexibility index (Phi) is 4.50. The summed E-state index contributed by atoms with van der Waals surface area (Å²) in [6, 6.07) is 8.27. The Bertz CT molecular complexity index is 1340. The lowest BCUT2D eigenvalue weighted by Gasteiger charge is -2.29. The van der Waals surface area contributed by atoms with E-state index in [2.05, 4.69) is 10.6 Å². The molecule has 0 aromatic heterocycles. The van der Waals surface area contributed by atoms with Gasteiger partial charge in [0.05, 0.1) is 18.4 Å². The number of carbonyl (C=O) groups is 4. The zero-order valence-electron chi connectivity index (χ0n) is 19.2. The molecule has 4 aliphatic rings. The van der Waals surface area contributed by atoms with Gasteiger partial charge in [-0.1, -0.05) is 23.8 Å². The highest BCUT2D eigenvalue weighted by atomic mass is 16.7. The van der Waals surface area contributed by atoms with E-state index < -0.39 is 47.0 Å². The molecule has 0 radical (unpaired) electrons. The smallest absolute Gasteiger partial charge is 0.250 e. The number of hydrogen-bond donors (Lipinski definition) is 3. The molecule has 1 spiro atoms. The highest BCUT2D eigenvalue weighted by Crippen LogP contribution is 2.54. The molecule has 4 amide bonds. The Labute approximate surface area is 200 Å². The molecule has 35 heavy (non-hydrogen) atoms. The van der Waals surface area contributed by atoms with Gasteiger partial charge in [-0.15, -0.1) is 0 Å². The number of likely N-dealkylation sites (tertiary alicyclic amines) is 1. The summed E-state index contributed by atoms with van der Waals surface area (Å²) in [7, 11) is 0. The summed E-state index contributed by atoms with van der Waals surface area (Å²) in [5.41, 5.74) is 7.74. The predicted molar refractivity (Wildman–Crippen MR) is 122 cm³/mol. The maximum Gasteiger partial charge on any atom is 0.250 e. The van der Waals surface area contributed by atoms with Crippen molar-refractivity contribution in [1.29, 1.82) is 0 Å². The molecule has 4 atom stereocenters. The summed E-state index contributed by atoms with van der Waals surface area (Å²) in [6.07, 6.45) is -0.173. The number of nitrogens with one attached hydrogen (secondary N) is 2. The molecule has 4 N–H and O–H groups in total. The van der Waals surface area contributed by atoms with Gasteiger partial charge in [0.25, 0.3) is 0 Å². The van der Waals surface area contributed by atoms with Crippen molar-refractivity contribution in [1.82, 2.24) is 10.2 Å². The van der Waals surface area contributed by atoms with Crippen molar-refractivity contribution in [2.24, 2.45) is 17.6 Å². The van der Waals surface area contributed by atoms with Gasteiger partial charge in [0.15, 0.2) is 11.5 Å². The van der Waals surface area contributed by atoms with Crippen molar-refractivity contribution in [3.63, 3.8) is 0 Å². The SMILES string of the molecule is Cc1cc(C)c2c(c1)[C@]1(N[C@@H](CC(N)=O)[C@H]3C(=O)N(Cc4ccc5c(c4)OCO5)C(=O)[C@H]31)C(=O)N2. The average Bonchev–Trinajstić information content (AvgIpc) is 3.51. The van der Waals surface area contributed by atoms with Crippen molar-refractivity contribution in [2.45, 2.75) is 38.4 Å². The van der Waals surface area contributed by atoms with Crippen LogP contribution >= 0.6 is 0 Å². The molecule has 0 bridgehead atoms. The molecule has 10 heteroatoms. The first-order valence-electron chi connectivity index (χ1n) is 11.4. The number of hydrogen-bond acceptors (Lipinski definition) is 7. The second kappa shape index (κ2) is 7.29. The third-order valence-electron chi connectivity index (χ3n) is 7.46. The molecule has 0 aliphatic carbocycles. The van der Waals surface area contributed by atoms with Crippen molar-refractivity contribution in [2.75, 3.05) is 12.1 Å². The standard InChI is InChI=1S/C25H24N4O6/c1-11-5-12(2)21-14(6-11)25(24(33)27-21)20-19(15(28-25)8-18(26)30)22(31)29(23(20)32)9-13-3-4-16-17(7-13)35-10-34-16/h3-7,15,19-20,28H,8-10H2,1-2H3,(H2,26,30)(H,27,33)/t15-,19+,20-,25+/m0/s1. The molecule has 180 valence electrons. The number of rotatable bonds is 4. The van der Waals surface area contributed by atoms with Crippen LogP contribution in [-0.4, -0.2) is 41.4 Å². The van der Waals surface area contributed by atoms with Crippen LogP contribution in [0.25, 0.3) is 0 Å². The van der Waals surface area contributed by atoms with Crippen LogP contribution in [0.1, 0.15) is 28.7 Å². The van der Waals surface area contributed by atoms with Gasteiger partial charge in [0.1, 0.15) is 5.54 Å². The maximum absolute atomic E-state index is 13.9.